The predicted octanol–water partition coefficient (Wildman–Crippen LogP) is 2.48. The molecule has 0 radical (unpaired) electrons. The van der Waals surface area contributed by atoms with Crippen molar-refractivity contribution in [3.63, 3.8) is 0 Å². The van der Waals surface area contributed by atoms with Crippen LogP contribution in [0.15, 0.2) is 29.2 Å². The molecule has 3 heterocycles. The van der Waals surface area contributed by atoms with Crippen LogP contribution in [0.3, 0.4) is 0 Å². The Bertz CT molecular complexity index is 697. The van der Waals surface area contributed by atoms with Crippen LogP contribution in [0.25, 0.3) is 5.65 Å². The Balaban J connectivity index is 1.87. The van der Waals surface area contributed by atoms with Gasteiger partial charge in [-0.2, -0.15) is 0 Å². The third kappa shape index (κ3) is 3.16. The number of aromatic nitrogens is 2. The highest BCUT2D eigenvalue weighted by atomic mass is 16.1. The maximum Gasteiger partial charge on any atom is 0.258 e. The number of aryl methyl sites for hydroxylation is 1. The summed E-state index contributed by atoms with van der Waals surface area (Å²) in [6, 6.07) is 5.59. The number of rotatable bonds is 2. The minimum atomic E-state index is 0.0109. The summed E-state index contributed by atoms with van der Waals surface area (Å²) in [7, 11) is 0. The smallest absolute Gasteiger partial charge is 0.258 e. The summed E-state index contributed by atoms with van der Waals surface area (Å²) in [5.41, 5.74) is 2.70. The summed E-state index contributed by atoms with van der Waals surface area (Å²) in [4.78, 5) is 19.3. The van der Waals surface area contributed by atoms with Gasteiger partial charge in [-0.15, -0.1) is 0 Å². The SMILES string of the molecule is Cc1ccc2nc(CN3CC(C)CC(C)C3)cc(=O)n2c1. The molecule has 2 atom stereocenters. The van der Waals surface area contributed by atoms with Crippen molar-refractivity contribution in [2.45, 2.75) is 33.7 Å². The lowest BCUT2D eigenvalue weighted by molar-refractivity contribution is 0.133. The van der Waals surface area contributed by atoms with E-state index in [1.165, 1.54) is 6.42 Å². The molecule has 1 aliphatic heterocycles. The number of piperidine rings is 1. The zero-order chi connectivity index (χ0) is 15.0. The van der Waals surface area contributed by atoms with Crippen molar-refractivity contribution in [2.24, 2.45) is 11.8 Å². The summed E-state index contributed by atoms with van der Waals surface area (Å²) in [6.45, 7) is 9.55. The first-order valence-electron chi connectivity index (χ1n) is 7.72. The van der Waals surface area contributed by atoms with Crippen molar-refractivity contribution in [1.29, 1.82) is 0 Å². The first kappa shape index (κ1) is 14.3. The highest BCUT2D eigenvalue weighted by Crippen LogP contribution is 2.22. The molecular formula is C17H23N3O. The number of hydrogen-bond acceptors (Lipinski definition) is 3. The molecule has 112 valence electrons. The van der Waals surface area contributed by atoms with Crippen molar-refractivity contribution in [3.8, 4) is 0 Å². The number of fused-ring (bicyclic) bond motifs is 1. The van der Waals surface area contributed by atoms with Crippen molar-refractivity contribution in [2.75, 3.05) is 13.1 Å². The Morgan fingerprint density at radius 3 is 2.67 bits per heavy atom. The average molecular weight is 285 g/mol. The van der Waals surface area contributed by atoms with E-state index in [0.717, 1.165) is 48.4 Å². The highest BCUT2D eigenvalue weighted by molar-refractivity contribution is 5.39. The largest absolute Gasteiger partial charge is 0.297 e. The van der Waals surface area contributed by atoms with Gasteiger partial charge in [-0.3, -0.25) is 14.1 Å². The Morgan fingerprint density at radius 2 is 1.95 bits per heavy atom. The maximum atomic E-state index is 12.2. The topological polar surface area (TPSA) is 37.6 Å². The van der Waals surface area contributed by atoms with E-state index in [1.54, 1.807) is 10.5 Å². The first-order valence-corrected chi connectivity index (χ1v) is 7.72. The Morgan fingerprint density at radius 1 is 1.24 bits per heavy atom. The number of pyridine rings is 1. The fourth-order valence-corrected chi connectivity index (χ4v) is 3.49. The van der Waals surface area contributed by atoms with Gasteiger partial charge in [-0.05, 0) is 36.8 Å². The van der Waals surface area contributed by atoms with Crippen molar-refractivity contribution in [1.82, 2.24) is 14.3 Å². The molecule has 1 aliphatic rings. The Labute approximate surface area is 125 Å². The van der Waals surface area contributed by atoms with Gasteiger partial charge in [-0.25, -0.2) is 4.98 Å². The molecule has 2 aromatic heterocycles. The van der Waals surface area contributed by atoms with Crippen LogP contribution in [0, 0.1) is 18.8 Å². The van der Waals surface area contributed by atoms with Crippen molar-refractivity contribution in [3.05, 3.63) is 46.0 Å². The number of nitrogens with zero attached hydrogens (tertiary/aromatic N) is 3. The third-order valence-corrected chi connectivity index (χ3v) is 4.19. The van der Waals surface area contributed by atoms with E-state index in [2.05, 4.69) is 23.7 Å². The molecule has 2 aromatic rings. The van der Waals surface area contributed by atoms with E-state index in [4.69, 9.17) is 0 Å². The molecule has 0 aromatic carbocycles. The zero-order valence-corrected chi connectivity index (χ0v) is 13.0. The predicted molar refractivity (Wildman–Crippen MR) is 84.4 cm³/mol. The molecule has 0 amide bonds. The maximum absolute atomic E-state index is 12.2. The van der Waals surface area contributed by atoms with E-state index in [1.807, 2.05) is 25.3 Å². The summed E-state index contributed by atoms with van der Waals surface area (Å²) in [6.07, 6.45) is 3.14. The van der Waals surface area contributed by atoms with Crippen LogP contribution in [-0.4, -0.2) is 27.4 Å². The summed E-state index contributed by atoms with van der Waals surface area (Å²) in [5, 5.41) is 0. The lowest BCUT2D eigenvalue weighted by Gasteiger charge is -2.34. The zero-order valence-electron chi connectivity index (χ0n) is 13.0. The van der Waals surface area contributed by atoms with E-state index >= 15 is 0 Å². The second-order valence-electron chi connectivity index (χ2n) is 6.66. The number of hydrogen-bond donors (Lipinski definition) is 0. The van der Waals surface area contributed by atoms with Crippen LogP contribution in [0.2, 0.25) is 0 Å². The van der Waals surface area contributed by atoms with Crippen molar-refractivity contribution >= 4 is 5.65 Å². The second-order valence-corrected chi connectivity index (χ2v) is 6.66. The molecule has 0 N–H and O–H groups in total. The van der Waals surface area contributed by atoms with Gasteiger partial charge in [0.25, 0.3) is 5.56 Å². The summed E-state index contributed by atoms with van der Waals surface area (Å²) in [5.74, 6) is 1.44. The summed E-state index contributed by atoms with van der Waals surface area (Å²) < 4.78 is 1.63. The molecule has 0 saturated carbocycles. The molecule has 1 saturated heterocycles. The molecule has 4 nitrogen and oxygen atoms in total. The monoisotopic (exact) mass is 285 g/mol. The first-order chi connectivity index (χ1) is 10.0. The average Bonchev–Trinajstić information content (AvgIpc) is 2.38. The molecule has 1 fully saturated rings. The second kappa shape index (κ2) is 5.60. The lowest BCUT2D eigenvalue weighted by Crippen LogP contribution is -2.38. The molecule has 4 heteroatoms. The Kier molecular flexibility index (Phi) is 3.81. The van der Waals surface area contributed by atoms with Gasteiger partial charge >= 0.3 is 0 Å². The molecule has 21 heavy (non-hydrogen) atoms. The van der Waals surface area contributed by atoms with Crippen molar-refractivity contribution < 1.29 is 0 Å². The molecule has 0 spiro atoms. The molecular weight excluding hydrogens is 262 g/mol. The van der Waals surface area contributed by atoms with Crippen LogP contribution in [-0.2, 0) is 6.54 Å². The fourth-order valence-electron chi connectivity index (χ4n) is 3.49. The van der Waals surface area contributed by atoms with E-state index in [9.17, 15) is 4.79 Å². The van der Waals surface area contributed by atoms with Crippen LogP contribution < -0.4 is 5.56 Å². The van der Waals surface area contributed by atoms with Gasteiger partial charge in [0, 0.05) is 31.9 Å². The lowest BCUT2D eigenvalue weighted by atomic mass is 9.92. The molecule has 2 unspecified atom stereocenters. The van der Waals surface area contributed by atoms with Crippen LogP contribution in [0.4, 0.5) is 0 Å². The van der Waals surface area contributed by atoms with Crippen LogP contribution in [0.1, 0.15) is 31.5 Å². The van der Waals surface area contributed by atoms with Gasteiger partial charge in [0.2, 0.25) is 0 Å². The fraction of sp³-hybridized carbons (Fsp3) is 0.529. The Hall–Kier alpha value is -1.68. The van der Waals surface area contributed by atoms with Crippen LogP contribution >= 0.6 is 0 Å². The van der Waals surface area contributed by atoms with E-state index in [0.29, 0.717) is 0 Å². The molecule has 0 aliphatic carbocycles. The standard InChI is InChI=1S/C17H23N3O/c1-12-4-5-16-18-15(7-17(21)20(16)10-12)11-19-8-13(2)6-14(3)9-19/h4-5,7,10,13-14H,6,8-9,11H2,1-3H3. The van der Waals surface area contributed by atoms with E-state index in [-0.39, 0.29) is 5.56 Å². The third-order valence-electron chi connectivity index (χ3n) is 4.19. The van der Waals surface area contributed by atoms with Gasteiger partial charge in [-0.1, -0.05) is 19.9 Å². The molecule has 0 bridgehead atoms. The summed E-state index contributed by atoms with van der Waals surface area (Å²) >= 11 is 0. The normalized spacial score (nSPS) is 23.6. The molecule has 3 rings (SSSR count). The number of likely N-dealkylation sites (tertiary alicyclic amines) is 1. The van der Waals surface area contributed by atoms with Gasteiger partial charge in [0.15, 0.2) is 0 Å². The van der Waals surface area contributed by atoms with Gasteiger partial charge in [0.1, 0.15) is 5.65 Å². The van der Waals surface area contributed by atoms with Crippen LogP contribution in [0.5, 0.6) is 0 Å². The van der Waals surface area contributed by atoms with Gasteiger partial charge in [0.05, 0.1) is 5.69 Å². The highest BCUT2D eigenvalue weighted by Gasteiger charge is 2.22. The van der Waals surface area contributed by atoms with Gasteiger partial charge < -0.3 is 0 Å². The minimum Gasteiger partial charge on any atom is -0.297 e. The quantitative estimate of drug-likeness (QED) is 0.850. The minimum absolute atomic E-state index is 0.0109. The van der Waals surface area contributed by atoms with E-state index < -0.39 is 0 Å².